The number of H-pyrrole nitrogens is 1. The van der Waals surface area contributed by atoms with Crippen molar-refractivity contribution in [3.8, 4) is 0 Å². The molecule has 5 nitrogen and oxygen atoms in total. The van der Waals surface area contributed by atoms with E-state index in [4.69, 9.17) is 4.98 Å². The van der Waals surface area contributed by atoms with Crippen LogP contribution in [0.15, 0.2) is 36.7 Å². The molecule has 2 aromatic heterocycles. The van der Waals surface area contributed by atoms with Gasteiger partial charge >= 0.3 is 0 Å². The third-order valence-electron chi connectivity index (χ3n) is 4.46. The molecule has 5 heteroatoms. The van der Waals surface area contributed by atoms with Crippen LogP contribution in [-0.4, -0.2) is 37.7 Å². The average Bonchev–Trinajstić information content (AvgIpc) is 3.13. The molecule has 1 aliphatic rings. The van der Waals surface area contributed by atoms with Crippen LogP contribution in [0.5, 0.6) is 0 Å². The number of nitrogens with zero attached hydrogens (tertiary/aromatic N) is 4. The van der Waals surface area contributed by atoms with Crippen LogP contribution in [-0.2, 0) is 13.6 Å². The lowest BCUT2D eigenvalue weighted by molar-refractivity contribution is 0.197. The van der Waals surface area contributed by atoms with Gasteiger partial charge in [0.25, 0.3) is 0 Å². The van der Waals surface area contributed by atoms with Crippen molar-refractivity contribution in [2.75, 3.05) is 13.1 Å². The Labute approximate surface area is 130 Å². The Bertz CT molecular complexity index is 739. The highest BCUT2D eigenvalue weighted by molar-refractivity contribution is 5.74. The van der Waals surface area contributed by atoms with Gasteiger partial charge in [0.1, 0.15) is 5.82 Å². The third-order valence-corrected chi connectivity index (χ3v) is 4.46. The molecule has 0 aliphatic carbocycles. The minimum atomic E-state index is 0.498. The van der Waals surface area contributed by atoms with Gasteiger partial charge in [-0.25, -0.2) is 4.98 Å². The van der Waals surface area contributed by atoms with Crippen LogP contribution in [0.2, 0.25) is 0 Å². The molecule has 1 N–H and O–H groups in total. The van der Waals surface area contributed by atoms with Gasteiger partial charge in [0.15, 0.2) is 0 Å². The van der Waals surface area contributed by atoms with Crippen molar-refractivity contribution in [2.45, 2.75) is 25.3 Å². The van der Waals surface area contributed by atoms with E-state index in [2.05, 4.69) is 39.4 Å². The van der Waals surface area contributed by atoms with Crippen LogP contribution in [0.3, 0.4) is 0 Å². The van der Waals surface area contributed by atoms with Crippen molar-refractivity contribution in [1.29, 1.82) is 0 Å². The van der Waals surface area contributed by atoms with Crippen LogP contribution in [0.4, 0.5) is 0 Å². The molecule has 0 bridgehead atoms. The van der Waals surface area contributed by atoms with Crippen molar-refractivity contribution >= 4 is 11.0 Å². The monoisotopic (exact) mass is 295 g/mol. The van der Waals surface area contributed by atoms with E-state index in [1.807, 2.05) is 24.0 Å². The summed E-state index contributed by atoms with van der Waals surface area (Å²) >= 11 is 0. The molecule has 114 valence electrons. The Morgan fingerprint density at radius 3 is 3.05 bits per heavy atom. The Morgan fingerprint density at radius 2 is 2.23 bits per heavy atom. The summed E-state index contributed by atoms with van der Waals surface area (Å²) in [4.78, 5) is 10.8. The average molecular weight is 295 g/mol. The smallest absolute Gasteiger partial charge is 0.111 e. The number of hydrogen-bond donors (Lipinski definition) is 1. The van der Waals surface area contributed by atoms with Gasteiger partial charge in [-0.1, -0.05) is 12.1 Å². The topological polar surface area (TPSA) is 49.7 Å². The lowest BCUT2D eigenvalue weighted by atomic mass is 9.97. The Hall–Kier alpha value is -2.14. The fourth-order valence-corrected chi connectivity index (χ4v) is 3.40. The molecule has 1 fully saturated rings. The normalized spacial score (nSPS) is 19.8. The molecule has 0 amide bonds. The fourth-order valence-electron chi connectivity index (χ4n) is 3.40. The largest absolute Gasteiger partial charge is 0.342 e. The maximum Gasteiger partial charge on any atom is 0.111 e. The van der Waals surface area contributed by atoms with Gasteiger partial charge in [0.2, 0.25) is 0 Å². The van der Waals surface area contributed by atoms with E-state index in [0.29, 0.717) is 5.92 Å². The highest BCUT2D eigenvalue weighted by Crippen LogP contribution is 2.27. The second-order valence-corrected chi connectivity index (χ2v) is 6.24. The van der Waals surface area contributed by atoms with Crippen molar-refractivity contribution in [2.24, 2.45) is 7.05 Å². The molecule has 1 saturated heterocycles. The first-order valence-electron chi connectivity index (χ1n) is 7.92. The summed E-state index contributed by atoms with van der Waals surface area (Å²) in [6.07, 6.45) is 6.50. The highest BCUT2D eigenvalue weighted by Gasteiger charge is 2.24. The highest BCUT2D eigenvalue weighted by atomic mass is 15.2. The summed E-state index contributed by atoms with van der Waals surface area (Å²) in [6.45, 7) is 3.20. The van der Waals surface area contributed by atoms with Gasteiger partial charge in [-0.05, 0) is 31.5 Å². The first-order valence-corrected chi connectivity index (χ1v) is 7.92. The number of benzene rings is 1. The number of nitrogens with one attached hydrogen (secondary N) is 1. The Kier molecular flexibility index (Phi) is 3.42. The molecule has 4 rings (SSSR count). The molecule has 3 aromatic rings. The number of fused-ring (bicyclic) bond motifs is 1. The summed E-state index contributed by atoms with van der Waals surface area (Å²) in [5.74, 6) is 1.63. The maximum absolute atomic E-state index is 4.78. The van der Waals surface area contributed by atoms with E-state index in [1.54, 1.807) is 0 Å². The summed E-state index contributed by atoms with van der Waals surface area (Å²) in [5, 5.41) is 4.26. The number of aromatic nitrogens is 4. The van der Waals surface area contributed by atoms with Gasteiger partial charge < -0.3 is 4.98 Å². The van der Waals surface area contributed by atoms with Crippen LogP contribution in [0.1, 0.15) is 30.1 Å². The van der Waals surface area contributed by atoms with E-state index >= 15 is 0 Å². The van der Waals surface area contributed by atoms with E-state index in [-0.39, 0.29) is 0 Å². The summed E-state index contributed by atoms with van der Waals surface area (Å²) in [7, 11) is 1.97. The predicted octanol–water partition coefficient (Wildman–Crippen LogP) is 2.68. The zero-order chi connectivity index (χ0) is 14.9. The number of likely N-dealkylation sites (tertiary alicyclic amines) is 1. The molecular formula is C17H21N5. The minimum Gasteiger partial charge on any atom is -0.342 e. The quantitative estimate of drug-likeness (QED) is 0.808. The second kappa shape index (κ2) is 5.57. The van der Waals surface area contributed by atoms with E-state index in [1.165, 1.54) is 18.4 Å². The number of imidazole rings is 1. The zero-order valence-corrected chi connectivity index (χ0v) is 12.9. The van der Waals surface area contributed by atoms with E-state index in [0.717, 1.165) is 36.5 Å². The lowest BCUT2D eigenvalue weighted by Crippen LogP contribution is -2.34. The maximum atomic E-state index is 4.78. The van der Waals surface area contributed by atoms with Gasteiger partial charge in [-0.2, -0.15) is 5.10 Å². The molecule has 22 heavy (non-hydrogen) atoms. The molecule has 1 atom stereocenters. The molecule has 3 heterocycles. The first-order chi connectivity index (χ1) is 10.8. The summed E-state index contributed by atoms with van der Waals surface area (Å²) in [6, 6.07) is 8.27. The van der Waals surface area contributed by atoms with Gasteiger partial charge in [0.05, 0.1) is 17.2 Å². The standard InChI is InChI=1S/C17H21N5/c1-21-10-13(9-18-21)11-22-8-4-5-14(12-22)17-19-15-6-2-3-7-16(15)20-17/h2-3,6-7,9-10,14H,4-5,8,11-12H2,1H3,(H,19,20)/t14-/m0/s1. The van der Waals surface area contributed by atoms with Crippen molar-refractivity contribution < 1.29 is 0 Å². The van der Waals surface area contributed by atoms with Crippen LogP contribution >= 0.6 is 0 Å². The molecule has 1 aliphatic heterocycles. The lowest BCUT2D eigenvalue weighted by Gasteiger charge is -2.31. The molecule has 0 saturated carbocycles. The van der Waals surface area contributed by atoms with Crippen LogP contribution in [0.25, 0.3) is 11.0 Å². The van der Waals surface area contributed by atoms with Crippen molar-refractivity contribution in [1.82, 2.24) is 24.6 Å². The summed E-state index contributed by atoms with van der Waals surface area (Å²) in [5.41, 5.74) is 3.50. The fraction of sp³-hybridized carbons (Fsp3) is 0.412. The Morgan fingerprint density at radius 1 is 1.32 bits per heavy atom. The summed E-state index contributed by atoms with van der Waals surface area (Å²) < 4.78 is 1.87. The number of aromatic amines is 1. The molecule has 0 unspecified atom stereocenters. The van der Waals surface area contributed by atoms with Crippen LogP contribution in [0, 0.1) is 0 Å². The second-order valence-electron chi connectivity index (χ2n) is 6.24. The van der Waals surface area contributed by atoms with E-state index in [9.17, 15) is 0 Å². The predicted molar refractivity (Wildman–Crippen MR) is 86.6 cm³/mol. The number of hydrogen-bond acceptors (Lipinski definition) is 3. The van der Waals surface area contributed by atoms with Crippen LogP contribution < -0.4 is 0 Å². The number of aryl methyl sites for hydroxylation is 1. The van der Waals surface area contributed by atoms with Gasteiger partial charge in [-0.3, -0.25) is 9.58 Å². The van der Waals surface area contributed by atoms with Gasteiger partial charge in [-0.15, -0.1) is 0 Å². The Balaban J connectivity index is 1.50. The number of rotatable bonds is 3. The third kappa shape index (κ3) is 2.64. The van der Waals surface area contributed by atoms with Crippen molar-refractivity contribution in [3.63, 3.8) is 0 Å². The minimum absolute atomic E-state index is 0.498. The molecule has 0 spiro atoms. The zero-order valence-electron chi connectivity index (χ0n) is 12.9. The van der Waals surface area contributed by atoms with Crippen molar-refractivity contribution in [3.05, 3.63) is 48.0 Å². The number of piperidine rings is 1. The molecular weight excluding hydrogens is 274 g/mol. The first kappa shape index (κ1) is 13.5. The molecule has 0 radical (unpaired) electrons. The molecule has 1 aromatic carbocycles. The number of para-hydroxylation sites is 2. The SMILES string of the molecule is Cn1cc(CN2CCC[C@H](c3nc4ccccc4[nH]3)C2)cn1. The van der Waals surface area contributed by atoms with Gasteiger partial charge in [0, 0.05) is 37.8 Å². The van der Waals surface area contributed by atoms with E-state index < -0.39 is 0 Å².